The molecule has 33 heavy (non-hydrogen) atoms. The fourth-order valence-electron chi connectivity index (χ4n) is 4.72. The van der Waals surface area contributed by atoms with Crippen LogP contribution in [0.2, 0.25) is 0 Å². The van der Waals surface area contributed by atoms with Gasteiger partial charge in [0.1, 0.15) is 17.2 Å². The monoisotopic (exact) mass is 447 g/mol. The van der Waals surface area contributed by atoms with Crippen LogP contribution in [0.4, 0.5) is 0 Å². The zero-order valence-electron chi connectivity index (χ0n) is 18.9. The minimum Gasteiger partial charge on any atom is -0.508 e. The number of benzene rings is 3. The summed E-state index contributed by atoms with van der Waals surface area (Å²) in [6, 6.07) is 22.4. The fraction of sp³-hybridized carbons (Fsp3) is 0.333. The Morgan fingerprint density at radius 3 is 1.67 bits per heavy atom. The summed E-state index contributed by atoms with van der Waals surface area (Å²) >= 11 is 0. The van der Waals surface area contributed by atoms with Gasteiger partial charge >= 0.3 is 0 Å². The van der Waals surface area contributed by atoms with Crippen molar-refractivity contribution < 1.29 is 15.3 Å². The maximum Gasteiger partial charge on any atom is 0.120 e. The molecule has 0 aliphatic carbocycles. The molecule has 0 atom stereocenters. The van der Waals surface area contributed by atoms with Crippen LogP contribution in [0, 0.1) is 0 Å². The van der Waals surface area contributed by atoms with E-state index >= 15 is 0 Å². The second-order valence-corrected chi connectivity index (χ2v) is 8.81. The van der Waals surface area contributed by atoms with Gasteiger partial charge in [0.05, 0.1) is 0 Å². The topological polar surface area (TPSA) is 88.0 Å². The Morgan fingerprint density at radius 1 is 0.636 bits per heavy atom. The molecule has 3 aromatic rings. The third-order valence-electron chi connectivity index (χ3n) is 6.54. The Morgan fingerprint density at radius 2 is 1.12 bits per heavy atom. The first-order chi connectivity index (χ1) is 16.1. The van der Waals surface area contributed by atoms with E-state index < -0.39 is 5.54 Å². The van der Waals surface area contributed by atoms with Gasteiger partial charge in [0.2, 0.25) is 0 Å². The number of nitrogens with zero attached hydrogens (tertiary/aromatic N) is 1. The van der Waals surface area contributed by atoms with Crippen LogP contribution in [0.25, 0.3) is 0 Å². The molecule has 0 unspecified atom stereocenters. The summed E-state index contributed by atoms with van der Waals surface area (Å²) in [7, 11) is 0. The molecule has 1 heterocycles. The predicted octanol–water partition coefficient (Wildman–Crippen LogP) is 3.02. The molecule has 3 aromatic carbocycles. The van der Waals surface area contributed by atoms with Crippen LogP contribution in [0.1, 0.15) is 16.7 Å². The number of hydrogen-bond donors (Lipinski definition) is 5. The van der Waals surface area contributed by atoms with Gasteiger partial charge in [0.25, 0.3) is 0 Å². The summed E-state index contributed by atoms with van der Waals surface area (Å²) in [6.07, 6.45) is 1.18. The van der Waals surface area contributed by atoms with Gasteiger partial charge < -0.3 is 26.0 Å². The van der Waals surface area contributed by atoms with Crippen LogP contribution < -0.4 is 10.6 Å². The normalized spacial score (nSPS) is 17.1. The van der Waals surface area contributed by atoms with Crippen LogP contribution in [0.15, 0.2) is 72.8 Å². The molecule has 0 spiro atoms. The fourth-order valence-corrected chi connectivity index (χ4v) is 4.72. The first kappa shape index (κ1) is 23.1. The molecule has 4 rings (SSSR count). The van der Waals surface area contributed by atoms with E-state index in [-0.39, 0.29) is 17.2 Å². The van der Waals surface area contributed by atoms with Gasteiger partial charge in [-0.05, 0) is 42.2 Å². The van der Waals surface area contributed by atoms with Crippen LogP contribution in [0.5, 0.6) is 17.2 Å². The van der Waals surface area contributed by atoms with E-state index in [4.69, 9.17) is 0 Å². The van der Waals surface area contributed by atoms with Crippen molar-refractivity contribution in [1.82, 2.24) is 15.5 Å². The van der Waals surface area contributed by atoms with Crippen molar-refractivity contribution in [1.29, 1.82) is 0 Å². The standard InChI is InChI=1S/C27H33N3O3/c31-24-10-4-1-7-21(24)17-27(18-22-8-2-5-11-25(22)32)20-29-14-13-28-15-16-30(27)19-23-9-3-6-12-26(23)33/h1-12,28-29,31-33H,13-20H2. The molecule has 1 aliphatic rings. The molecule has 0 aromatic heterocycles. The lowest BCUT2D eigenvalue weighted by molar-refractivity contribution is 0.0787. The van der Waals surface area contributed by atoms with Crippen LogP contribution in [0.3, 0.4) is 0 Å². The SMILES string of the molecule is Oc1ccccc1CN1CCNCCNCC1(Cc1ccccc1O)Cc1ccccc1O. The Balaban J connectivity index is 1.80. The molecule has 0 saturated carbocycles. The molecule has 0 radical (unpaired) electrons. The van der Waals surface area contributed by atoms with E-state index in [0.29, 0.717) is 25.9 Å². The third-order valence-corrected chi connectivity index (χ3v) is 6.54. The van der Waals surface area contributed by atoms with Crippen LogP contribution in [-0.4, -0.2) is 58.5 Å². The lowest BCUT2D eigenvalue weighted by Crippen LogP contribution is -2.58. The van der Waals surface area contributed by atoms with Gasteiger partial charge in [-0.1, -0.05) is 54.6 Å². The predicted molar refractivity (Wildman–Crippen MR) is 131 cm³/mol. The van der Waals surface area contributed by atoms with E-state index in [1.807, 2.05) is 54.6 Å². The van der Waals surface area contributed by atoms with Crippen LogP contribution >= 0.6 is 0 Å². The minimum absolute atomic E-state index is 0.273. The van der Waals surface area contributed by atoms with E-state index in [1.54, 1.807) is 18.2 Å². The van der Waals surface area contributed by atoms with Crippen molar-refractivity contribution in [2.45, 2.75) is 24.9 Å². The minimum atomic E-state index is -0.452. The summed E-state index contributed by atoms with van der Waals surface area (Å²) in [6.45, 7) is 4.49. The number of para-hydroxylation sites is 3. The highest BCUT2D eigenvalue weighted by atomic mass is 16.3. The highest BCUT2D eigenvalue weighted by Crippen LogP contribution is 2.34. The number of hydrogen-bond acceptors (Lipinski definition) is 6. The molecule has 1 saturated heterocycles. The molecule has 6 nitrogen and oxygen atoms in total. The molecular weight excluding hydrogens is 414 g/mol. The zero-order chi connectivity index (χ0) is 23.1. The smallest absolute Gasteiger partial charge is 0.120 e. The lowest BCUT2D eigenvalue weighted by atomic mass is 9.81. The third kappa shape index (κ3) is 5.66. The Hall–Kier alpha value is -3.06. The van der Waals surface area contributed by atoms with Gasteiger partial charge in [-0.15, -0.1) is 0 Å². The lowest BCUT2D eigenvalue weighted by Gasteiger charge is -2.45. The summed E-state index contributed by atoms with van der Waals surface area (Å²) in [5.74, 6) is 0.821. The molecule has 1 aliphatic heterocycles. The number of rotatable bonds is 6. The molecule has 174 valence electrons. The van der Waals surface area contributed by atoms with Crippen LogP contribution in [-0.2, 0) is 19.4 Å². The summed E-state index contributed by atoms with van der Waals surface area (Å²) in [4.78, 5) is 2.38. The van der Waals surface area contributed by atoms with E-state index in [1.165, 1.54) is 0 Å². The highest BCUT2D eigenvalue weighted by molar-refractivity contribution is 5.38. The number of nitrogens with one attached hydrogen (secondary N) is 2. The van der Waals surface area contributed by atoms with E-state index in [9.17, 15) is 15.3 Å². The molecular formula is C27H33N3O3. The molecule has 6 heteroatoms. The maximum atomic E-state index is 10.6. The second-order valence-electron chi connectivity index (χ2n) is 8.81. The van der Waals surface area contributed by atoms with Gasteiger partial charge in [0.15, 0.2) is 0 Å². The average Bonchev–Trinajstić information content (AvgIpc) is 2.90. The molecule has 5 N–H and O–H groups in total. The Bertz CT molecular complexity index is 1010. The number of phenols is 3. The quantitative estimate of drug-likeness (QED) is 0.399. The maximum absolute atomic E-state index is 10.6. The van der Waals surface area contributed by atoms with Gasteiger partial charge in [0, 0.05) is 50.4 Å². The summed E-state index contributed by atoms with van der Waals surface area (Å²) in [5.41, 5.74) is 2.13. The largest absolute Gasteiger partial charge is 0.508 e. The summed E-state index contributed by atoms with van der Waals surface area (Å²) < 4.78 is 0. The number of phenolic OH excluding ortho intramolecular Hbond substituents is 3. The van der Waals surface area contributed by atoms with E-state index in [0.717, 1.165) is 42.9 Å². The van der Waals surface area contributed by atoms with Gasteiger partial charge in [-0.25, -0.2) is 0 Å². The molecule has 0 bridgehead atoms. The Kier molecular flexibility index (Phi) is 7.50. The Labute approximate surface area is 195 Å². The average molecular weight is 448 g/mol. The second kappa shape index (κ2) is 10.7. The first-order valence-electron chi connectivity index (χ1n) is 11.5. The van der Waals surface area contributed by atoms with Crippen molar-refractivity contribution in [3.8, 4) is 17.2 Å². The molecule has 0 amide bonds. The van der Waals surface area contributed by atoms with Crippen molar-refractivity contribution in [2.75, 3.05) is 32.7 Å². The van der Waals surface area contributed by atoms with Gasteiger partial charge in [-0.2, -0.15) is 0 Å². The highest BCUT2D eigenvalue weighted by Gasteiger charge is 2.38. The van der Waals surface area contributed by atoms with Crippen molar-refractivity contribution >= 4 is 0 Å². The van der Waals surface area contributed by atoms with Crippen molar-refractivity contribution in [3.63, 3.8) is 0 Å². The number of aromatic hydroxyl groups is 3. The zero-order valence-corrected chi connectivity index (χ0v) is 18.9. The van der Waals surface area contributed by atoms with Crippen molar-refractivity contribution in [3.05, 3.63) is 89.5 Å². The van der Waals surface area contributed by atoms with E-state index in [2.05, 4.69) is 15.5 Å². The summed E-state index contributed by atoms with van der Waals surface area (Å²) in [5, 5.41) is 38.9. The first-order valence-corrected chi connectivity index (χ1v) is 11.5. The molecule has 1 fully saturated rings. The van der Waals surface area contributed by atoms with Crippen molar-refractivity contribution in [2.24, 2.45) is 0 Å². The van der Waals surface area contributed by atoms with Gasteiger partial charge in [-0.3, -0.25) is 4.90 Å².